The molecule has 0 atom stereocenters. The Labute approximate surface area is 121 Å². The first-order valence-electron chi connectivity index (χ1n) is 5.38. The maximum absolute atomic E-state index is 11.0. The van der Waals surface area contributed by atoms with Crippen molar-refractivity contribution in [2.45, 2.75) is 0 Å². The molecule has 0 saturated carbocycles. The highest BCUT2D eigenvalue weighted by molar-refractivity contribution is 14.1. The molecule has 94 valence electrons. The lowest BCUT2D eigenvalue weighted by Gasteiger charge is -2.06. The minimum Gasteiger partial charge on any atom is -0.264 e. The van der Waals surface area contributed by atoms with E-state index in [1.807, 2.05) is 6.20 Å². The number of halogens is 1. The molecule has 3 rings (SSSR count). The van der Waals surface area contributed by atoms with Gasteiger partial charge in [0, 0.05) is 30.0 Å². The van der Waals surface area contributed by atoms with Crippen LogP contribution in [-0.4, -0.2) is 19.7 Å². The predicted octanol–water partition coefficient (Wildman–Crippen LogP) is 2.93. The van der Waals surface area contributed by atoms with E-state index < -0.39 is 0 Å². The second kappa shape index (κ2) is 4.57. The van der Waals surface area contributed by atoms with Crippen molar-refractivity contribution < 1.29 is 4.92 Å². The summed E-state index contributed by atoms with van der Waals surface area (Å²) in [4.78, 5) is 14.7. The fourth-order valence-corrected chi connectivity index (χ4v) is 2.34. The Bertz CT molecular complexity index is 784. The van der Waals surface area contributed by atoms with Gasteiger partial charge in [-0.2, -0.15) is 5.10 Å². The lowest BCUT2D eigenvalue weighted by Crippen LogP contribution is -1.98. The van der Waals surface area contributed by atoms with E-state index in [2.05, 4.69) is 32.7 Å². The van der Waals surface area contributed by atoms with Crippen molar-refractivity contribution >= 4 is 39.1 Å². The van der Waals surface area contributed by atoms with E-state index in [1.165, 1.54) is 6.07 Å². The molecular formula is C12H7IN4O2. The highest BCUT2D eigenvalue weighted by atomic mass is 127. The predicted molar refractivity (Wildman–Crippen MR) is 78.2 cm³/mol. The van der Waals surface area contributed by atoms with Gasteiger partial charge < -0.3 is 0 Å². The van der Waals surface area contributed by atoms with Crippen LogP contribution < -0.4 is 0 Å². The summed E-state index contributed by atoms with van der Waals surface area (Å²) in [5.41, 5.74) is 0.847. The number of aromatic nitrogens is 3. The Balaban J connectivity index is 2.34. The van der Waals surface area contributed by atoms with Gasteiger partial charge in [0.1, 0.15) is 0 Å². The Hall–Kier alpha value is -2.03. The quantitative estimate of drug-likeness (QED) is 0.397. The van der Waals surface area contributed by atoms with Crippen LogP contribution in [0.1, 0.15) is 0 Å². The van der Waals surface area contributed by atoms with Crippen LogP contribution in [0.5, 0.6) is 0 Å². The third-order valence-electron chi connectivity index (χ3n) is 2.77. The number of pyridine rings is 1. The summed E-state index contributed by atoms with van der Waals surface area (Å²) in [6.45, 7) is 0. The lowest BCUT2D eigenvalue weighted by molar-refractivity contribution is -0.383. The second-order valence-corrected chi connectivity index (χ2v) is 5.13. The Morgan fingerprint density at radius 3 is 2.74 bits per heavy atom. The molecule has 0 radical (unpaired) electrons. The van der Waals surface area contributed by atoms with Crippen LogP contribution in [0.3, 0.4) is 0 Å². The number of benzene rings is 1. The van der Waals surface area contributed by atoms with Gasteiger partial charge >= 0.3 is 0 Å². The fraction of sp³-hybridized carbons (Fsp3) is 0. The molecular weight excluding hydrogens is 359 g/mol. The molecule has 2 heterocycles. The van der Waals surface area contributed by atoms with Crippen LogP contribution in [0.2, 0.25) is 0 Å². The third kappa shape index (κ3) is 2.05. The fourth-order valence-electron chi connectivity index (χ4n) is 1.95. The summed E-state index contributed by atoms with van der Waals surface area (Å²) >= 11 is 2.16. The second-order valence-electron chi connectivity index (χ2n) is 3.89. The Morgan fingerprint density at radius 2 is 2.05 bits per heavy atom. The van der Waals surface area contributed by atoms with E-state index in [-0.39, 0.29) is 10.6 Å². The number of hydrogen-bond donors (Lipinski definition) is 0. The van der Waals surface area contributed by atoms with Crippen LogP contribution in [0.4, 0.5) is 5.69 Å². The highest BCUT2D eigenvalue weighted by Crippen LogP contribution is 2.29. The zero-order valence-corrected chi connectivity index (χ0v) is 11.7. The molecule has 3 aromatic rings. The van der Waals surface area contributed by atoms with Crippen molar-refractivity contribution in [3.8, 4) is 5.69 Å². The van der Waals surface area contributed by atoms with Gasteiger partial charge in [0.15, 0.2) is 0 Å². The van der Waals surface area contributed by atoms with Gasteiger partial charge in [0.05, 0.1) is 25.8 Å². The molecule has 2 aromatic heterocycles. The van der Waals surface area contributed by atoms with E-state index in [0.717, 1.165) is 9.26 Å². The van der Waals surface area contributed by atoms with Crippen molar-refractivity contribution in [2.75, 3.05) is 0 Å². The first-order valence-corrected chi connectivity index (χ1v) is 6.46. The minimum absolute atomic E-state index is 0.0722. The number of fused-ring (bicyclic) bond motifs is 1. The zero-order chi connectivity index (χ0) is 13.4. The van der Waals surface area contributed by atoms with Gasteiger partial charge in [0.25, 0.3) is 5.69 Å². The van der Waals surface area contributed by atoms with Gasteiger partial charge in [-0.25, -0.2) is 4.68 Å². The average molecular weight is 366 g/mol. The number of hydrogen-bond acceptors (Lipinski definition) is 4. The van der Waals surface area contributed by atoms with Crippen LogP contribution in [-0.2, 0) is 0 Å². The topological polar surface area (TPSA) is 73.8 Å². The van der Waals surface area contributed by atoms with E-state index in [0.29, 0.717) is 10.8 Å². The van der Waals surface area contributed by atoms with Crippen molar-refractivity contribution in [1.29, 1.82) is 0 Å². The molecule has 0 aliphatic rings. The molecule has 6 nitrogen and oxygen atoms in total. The van der Waals surface area contributed by atoms with Crippen LogP contribution in [0.25, 0.3) is 16.5 Å². The molecule has 19 heavy (non-hydrogen) atoms. The number of nitrogens with zero attached hydrogens (tertiary/aromatic N) is 4. The van der Waals surface area contributed by atoms with E-state index >= 15 is 0 Å². The van der Waals surface area contributed by atoms with Crippen molar-refractivity contribution in [3.63, 3.8) is 0 Å². The molecule has 0 bridgehead atoms. The van der Waals surface area contributed by atoms with Crippen molar-refractivity contribution in [1.82, 2.24) is 14.8 Å². The smallest absolute Gasteiger partial charge is 0.264 e. The molecule has 1 aromatic carbocycles. The monoisotopic (exact) mass is 366 g/mol. The summed E-state index contributed by atoms with van der Waals surface area (Å²) in [6, 6.07) is 4.82. The van der Waals surface area contributed by atoms with Gasteiger partial charge in [-0.1, -0.05) is 0 Å². The Morgan fingerprint density at radius 1 is 1.21 bits per heavy atom. The van der Waals surface area contributed by atoms with Crippen molar-refractivity contribution in [3.05, 3.63) is 56.7 Å². The molecule has 0 fully saturated rings. The molecule has 0 amide bonds. The van der Waals surface area contributed by atoms with E-state index in [1.54, 1.807) is 35.4 Å². The van der Waals surface area contributed by atoms with Crippen LogP contribution >= 0.6 is 22.6 Å². The van der Waals surface area contributed by atoms with Gasteiger partial charge in [0.2, 0.25) is 0 Å². The minimum atomic E-state index is -0.390. The number of rotatable bonds is 2. The average Bonchev–Trinajstić information content (AvgIpc) is 2.83. The summed E-state index contributed by atoms with van der Waals surface area (Å²) < 4.78 is 2.68. The molecule has 0 N–H and O–H groups in total. The van der Waals surface area contributed by atoms with Crippen LogP contribution in [0.15, 0.2) is 43.0 Å². The summed E-state index contributed by atoms with van der Waals surface area (Å²) in [6.07, 6.45) is 6.75. The molecule has 0 aliphatic heterocycles. The zero-order valence-electron chi connectivity index (χ0n) is 9.52. The Kier molecular flexibility index (Phi) is 2.90. The van der Waals surface area contributed by atoms with Gasteiger partial charge in [-0.15, -0.1) is 0 Å². The van der Waals surface area contributed by atoms with E-state index in [4.69, 9.17) is 0 Å². The van der Waals surface area contributed by atoms with Crippen molar-refractivity contribution in [2.24, 2.45) is 0 Å². The van der Waals surface area contributed by atoms with Crippen LogP contribution in [0, 0.1) is 13.7 Å². The molecule has 0 aliphatic carbocycles. The number of nitro benzene ring substituents is 1. The van der Waals surface area contributed by atoms with E-state index in [9.17, 15) is 10.1 Å². The highest BCUT2D eigenvalue weighted by Gasteiger charge is 2.15. The van der Waals surface area contributed by atoms with Gasteiger partial charge in [-0.3, -0.25) is 15.1 Å². The SMILES string of the molecule is O=[N+]([O-])c1ccc(-n2cc(I)cn2)c2cnccc12. The standard InChI is InChI=1S/C12H7IN4O2/c13-8-5-15-16(7-8)11-1-2-12(17(18)19)9-3-4-14-6-10(9)11/h1-7H. The maximum Gasteiger partial charge on any atom is 0.277 e. The summed E-state index contributed by atoms with van der Waals surface area (Å²) in [5.74, 6) is 0. The summed E-state index contributed by atoms with van der Waals surface area (Å²) in [5, 5.41) is 16.5. The van der Waals surface area contributed by atoms with Gasteiger partial charge in [-0.05, 0) is 34.7 Å². The maximum atomic E-state index is 11.0. The first kappa shape index (κ1) is 12.0. The molecule has 0 unspecified atom stereocenters. The number of nitro groups is 1. The molecule has 7 heteroatoms. The normalized spacial score (nSPS) is 10.8. The molecule has 0 saturated heterocycles. The third-order valence-corrected chi connectivity index (χ3v) is 3.32. The largest absolute Gasteiger partial charge is 0.277 e. The summed E-state index contributed by atoms with van der Waals surface area (Å²) in [7, 11) is 0. The lowest BCUT2D eigenvalue weighted by atomic mass is 10.1. The number of non-ortho nitro benzene ring substituents is 1. The first-order chi connectivity index (χ1) is 9.16. The molecule has 0 spiro atoms.